The molecular weight excluding hydrogens is 198 g/mol. The van der Waals surface area contributed by atoms with Crippen LogP contribution in [0.4, 0.5) is 0 Å². The molecule has 0 bridgehead atoms. The van der Waals surface area contributed by atoms with Gasteiger partial charge in [0, 0.05) is 0 Å². The monoisotopic (exact) mass is 207 g/mol. The molecule has 0 fully saturated rings. The lowest BCUT2D eigenvalue weighted by Crippen LogP contribution is -1.77. The lowest BCUT2D eigenvalue weighted by Gasteiger charge is -1.86. The molecule has 72 valence electrons. The van der Waals surface area contributed by atoms with Gasteiger partial charge < -0.3 is 4.42 Å². The number of aromatic nitrogens is 1. The van der Waals surface area contributed by atoms with E-state index in [9.17, 15) is 4.79 Å². The second kappa shape index (κ2) is 3.38. The molecule has 0 aliphatic heterocycles. The third kappa shape index (κ3) is 1.48. The Balaban J connectivity index is 2.47. The van der Waals surface area contributed by atoms with E-state index in [4.69, 9.17) is 4.42 Å². The highest BCUT2D eigenvalue weighted by Gasteiger charge is 2.10. The van der Waals surface area contributed by atoms with E-state index in [-0.39, 0.29) is 0 Å². The Morgan fingerprint density at radius 1 is 1.43 bits per heavy atom. The summed E-state index contributed by atoms with van der Waals surface area (Å²) < 4.78 is 5.41. The summed E-state index contributed by atoms with van der Waals surface area (Å²) in [6.07, 6.45) is 0.826. The minimum Gasteiger partial charge on any atom is -0.459 e. The first-order valence-electron chi connectivity index (χ1n) is 4.20. The van der Waals surface area contributed by atoms with Gasteiger partial charge in [-0.1, -0.05) is 0 Å². The summed E-state index contributed by atoms with van der Waals surface area (Å²) in [5, 5.41) is 0.762. The fourth-order valence-electron chi connectivity index (χ4n) is 1.17. The predicted octanol–water partition coefficient (Wildman–Crippen LogP) is 2.83. The lowest BCUT2D eigenvalue weighted by molar-refractivity contribution is 0.112. The van der Waals surface area contributed by atoms with Crippen LogP contribution in [0.1, 0.15) is 21.1 Å². The van der Waals surface area contributed by atoms with Crippen LogP contribution in [0.15, 0.2) is 16.5 Å². The van der Waals surface area contributed by atoms with Crippen LogP contribution in [0.5, 0.6) is 0 Å². The molecule has 2 rings (SSSR count). The van der Waals surface area contributed by atoms with Crippen LogP contribution in [0, 0.1) is 13.8 Å². The molecular formula is C10H9NO2S. The Morgan fingerprint density at radius 2 is 2.21 bits per heavy atom. The maximum absolute atomic E-state index is 10.6. The molecule has 2 heterocycles. The van der Waals surface area contributed by atoms with Gasteiger partial charge in [-0.2, -0.15) is 0 Å². The fraction of sp³-hybridized carbons (Fsp3) is 0.200. The van der Waals surface area contributed by atoms with E-state index in [0.717, 1.165) is 28.5 Å². The van der Waals surface area contributed by atoms with Gasteiger partial charge in [0.15, 0.2) is 17.1 Å². The smallest absolute Gasteiger partial charge is 0.162 e. The van der Waals surface area contributed by atoms with E-state index >= 15 is 0 Å². The molecule has 0 unspecified atom stereocenters. The van der Waals surface area contributed by atoms with Gasteiger partial charge in [0.1, 0.15) is 5.76 Å². The summed E-state index contributed by atoms with van der Waals surface area (Å²) in [6, 6.07) is 3.74. The molecule has 4 heteroatoms. The zero-order valence-corrected chi connectivity index (χ0v) is 8.72. The van der Waals surface area contributed by atoms with Crippen molar-refractivity contribution in [3.8, 4) is 10.8 Å². The standard InChI is InChI=1S/C10H9NO2S/c1-6-3-4-8(13-6)10-11-7(2)9(5-12)14-10/h3-5H,1-2H3. The Bertz CT molecular complexity index is 470. The van der Waals surface area contributed by atoms with Gasteiger partial charge in [0.25, 0.3) is 0 Å². The van der Waals surface area contributed by atoms with Gasteiger partial charge in [-0.3, -0.25) is 4.79 Å². The third-order valence-corrected chi connectivity index (χ3v) is 2.99. The first-order valence-corrected chi connectivity index (χ1v) is 5.02. The van der Waals surface area contributed by atoms with Crippen molar-refractivity contribution in [1.29, 1.82) is 0 Å². The second-order valence-electron chi connectivity index (χ2n) is 3.00. The van der Waals surface area contributed by atoms with Crippen molar-refractivity contribution in [3.05, 3.63) is 28.5 Å². The molecule has 0 aliphatic carbocycles. The van der Waals surface area contributed by atoms with Crippen molar-refractivity contribution >= 4 is 17.6 Å². The molecule has 0 radical (unpaired) electrons. The molecule has 0 atom stereocenters. The molecule has 0 aromatic carbocycles. The number of thiazole rings is 1. The number of hydrogen-bond acceptors (Lipinski definition) is 4. The molecule has 0 spiro atoms. The molecule has 2 aromatic heterocycles. The predicted molar refractivity (Wildman–Crippen MR) is 54.7 cm³/mol. The summed E-state index contributed by atoms with van der Waals surface area (Å²) in [6.45, 7) is 3.70. The molecule has 0 N–H and O–H groups in total. The average Bonchev–Trinajstić information content (AvgIpc) is 2.71. The van der Waals surface area contributed by atoms with Crippen LogP contribution < -0.4 is 0 Å². The molecule has 3 nitrogen and oxygen atoms in total. The molecule has 2 aromatic rings. The number of aldehydes is 1. The largest absolute Gasteiger partial charge is 0.459 e. The van der Waals surface area contributed by atoms with Crippen molar-refractivity contribution in [1.82, 2.24) is 4.98 Å². The number of nitrogens with zero attached hydrogens (tertiary/aromatic N) is 1. The summed E-state index contributed by atoms with van der Waals surface area (Å²) in [5.74, 6) is 1.57. The zero-order valence-electron chi connectivity index (χ0n) is 7.90. The third-order valence-electron chi connectivity index (χ3n) is 1.89. The van der Waals surface area contributed by atoms with E-state index in [1.54, 1.807) is 0 Å². The van der Waals surface area contributed by atoms with Gasteiger partial charge in [0.2, 0.25) is 0 Å². The van der Waals surface area contributed by atoms with Crippen LogP contribution in [-0.4, -0.2) is 11.3 Å². The number of hydrogen-bond donors (Lipinski definition) is 0. The van der Waals surface area contributed by atoms with Gasteiger partial charge in [0.05, 0.1) is 10.6 Å². The van der Waals surface area contributed by atoms with Gasteiger partial charge >= 0.3 is 0 Å². The molecule has 0 saturated carbocycles. The zero-order chi connectivity index (χ0) is 10.1. The molecule has 0 amide bonds. The number of furan rings is 1. The summed E-state index contributed by atoms with van der Waals surface area (Å²) in [7, 11) is 0. The van der Waals surface area contributed by atoms with Crippen LogP contribution in [0.25, 0.3) is 10.8 Å². The second-order valence-corrected chi connectivity index (χ2v) is 4.03. The number of carbonyl (C=O) groups is 1. The van der Waals surface area contributed by atoms with Gasteiger partial charge in [-0.15, -0.1) is 11.3 Å². The van der Waals surface area contributed by atoms with Crippen molar-refractivity contribution < 1.29 is 9.21 Å². The first-order chi connectivity index (χ1) is 6.70. The first kappa shape index (κ1) is 9.15. The highest BCUT2D eigenvalue weighted by Crippen LogP contribution is 2.28. The van der Waals surface area contributed by atoms with Gasteiger partial charge in [-0.25, -0.2) is 4.98 Å². The van der Waals surface area contributed by atoms with E-state index in [2.05, 4.69) is 4.98 Å². The maximum atomic E-state index is 10.6. The molecule has 0 saturated heterocycles. The van der Waals surface area contributed by atoms with Crippen molar-refractivity contribution in [2.24, 2.45) is 0 Å². The van der Waals surface area contributed by atoms with Crippen LogP contribution in [-0.2, 0) is 0 Å². The topological polar surface area (TPSA) is 43.1 Å². The molecule has 14 heavy (non-hydrogen) atoms. The Morgan fingerprint density at radius 3 is 2.71 bits per heavy atom. The van der Waals surface area contributed by atoms with Crippen molar-refractivity contribution in [2.75, 3.05) is 0 Å². The Hall–Kier alpha value is -1.42. The van der Waals surface area contributed by atoms with Crippen LogP contribution in [0.2, 0.25) is 0 Å². The molecule has 0 aliphatic rings. The summed E-state index contributed by atoms with van der Waals surface area (Å²) in [4.78, 5) is 15.5. The fourth-order valence-corrected chi connectivity index (χ4v) is 2.02. The van der Waals surface area contributed by atoms with Crippen molar-refractivity contribution in [3.63, 3.8) is 0 Å². The quantitative estimate of drug-likeness (QED) is 0.711. The normalized spacial score (nSPS) is 10.4. The number of aryl methyl sites for hydroxylation is 2. The minimum absolute atomic E-state index is 0.661. The lowest BCUT2D eigenvalue weighted by atomic mass is 10.4. The van der Waals surface area contributed by atoms with E-state index in [1.165, 1.54) is 11.3 Å². The van der Waals surface area contributed by atoms with E-state index in [1.807, 2.05) is 26.0 Å². The van der Waals surface area contributed by atoms with E-state index in [0.29, 0.717) is 4.88 Å². The Kier molecular flexibility index (Phi) is 2.21. The average molecular weight is 207 g/mol. The summed E-state index contributed by atoms with van der Waals surface area (Å²) >= 11 is 1.35. The van der Waals surface area contributed by atoms with Crippen LogP contribution >= 0.6 is 11.3 Å². The summed E-state index contributed by atoms with van der Waals surface area (Å²) in [5.41, 5.74) is 0.758. The minimum atomic E-state index is 0.661. The van der Waals surface area contributed by atoms with E-state index < -0.39 is 0 Å². The number of rotatable bonds is 2. The maximum Gasteiger partial charge on any atom is 0.162 e. The number of carbonyl (C=O) groups excluding carboxylic acids is 1. The van der Waals surface area contributed by atoms with Crippen LogP contribution in [0.3, 0.4) is 0 Å². The highest BCUT2D eigenvalue weighted by molar-refractivity contribution is 7.16. The highest BCUT2D eigenvalue weighted by atomic mass is 32.1. The van der Waals surface area contributed by atoms with Gasteiger partial charge in [-0.05, 0) is 26.0 Å². The SMILES string of the molecule is Cc1ccc(-c2nc(C)c(C=O)s2)o1. The Labute approximate surface area is 85.4 Å². The van der Waals surface area contributed by atoms with Crippen molar-refractivity contribution in [2.45, 2.75) is 13.8 Å².